The van der Waals surface area contributed by atoms with Crippen molar-refractivity contribution in [1.82, 2.24) is 9.91 Å². The minimum Gasteiger partial charge on any atom is -0.497 e. The predicted molar refractivity (Wildman–Crippen MR) is 112 cm³/mol. The highest BCUT2D eigenvalue weighted by Gasteiger charge is 2.34. The van der Waals surface area contributed by atoms with Crippen molar-refractivity contribution in [1.29, 1.82) is 0 Å². The van der Waals surface area contributed by atoms with E-state index < -0.39 is 0 Å². The first-order valence-electron chi connectivity index (χ1n) is 10.1. The van der Waals surface area contributed by atoms with E-state index in [-0.39, 0.29) is 11.9 Å². The van der Waals surface area contributed by atoms with Gasteiger partial charge in [-0.3, -0.25) is 9.69 Å². The van der Waals surface area contributed by atoms with E-state index in [4.69, 9.17) is 14.6 Å². The van der Waals surface area contributed by atoms with Crippen molar-refractivity contribution in [3.63, 3.8) is 0 Å². The van der Waals surface area contributed by atoms with Crippen LogP contribution >= 0.6 is 0 Å². The summed E-state index contributed by atoms with van der Waals surface area (Å²) in [5.41, 5.74) is 2.86. The zero-order valence-electron chi connectivity index (χ0n) is 17.0. The first-order chi connectivity index (χ1) is 14.2. The Hall–Kier alpha value is -2.86. The van der Waals surface area contributed by atoms with Gasteiger partial charge < -0.3 is 9.47 Å². The largest absolute Gasteiger partial charge is 0.497 e. The summed E-state index contributed by atoms with van der Waals surface area (Å²) in [7, 11) is 3.31. The van der Waals surface area contributed by atoms with Crippen molar-refractivity contribution < 1.29 is 14.3 Å². The maximum atomic E-state index is 13.2. The van der Waals surface area contributed by atoms with E-state index in [9.17, 15) is 4.79 Å². The lowest BCUT2D eigenvalue weighted by Crippen LogP contribution is -2.36. The number of carbonyl (C=O) groups excluding carboxylic acids is 1. The van der Waals surface area contributed by atoms with E-state index in [1.165, 1.54) is 0 Å². The molecule has 0 spiro atoms. The summed E-state index contributed by atoms with van der Waals surface area (Å²) in [5.74, 6) is 1.61. The predicted octanol–water partition coefficient (Wildman–Crippen LogP) is 3.48. The van der Waals surface area contributed by atoms with Crippen molar-refractivity contribution in [2.75, 3.05) is 33.9 Å². The van der Waals surface area contributed by atoms with Crippen LogP contribution in [0.15, 0.2) is 53.6 Å². The highest BCUT2D eigenvalue weighted by molar-refractivity contribution is 6.05. The van der Waals surface area contributed by atoms with E-state index in [1.54, 1.807) is 19.2 Å². The molecule has 1 saturated heterocycles. The van der Waals surface area contributed by atoms with Gasteiger partial charge in [0.2, 0.25) is 0 Å². The van der Waals surface area contributed by atoms with Gasteiger partial charge in [-0.1, -0.05) is 24.3 Å². The van der Waals surface area contributed by atoms with Crippen LogP contribution < -0.4 is 9.47 Å². The van der Waals surface area contributed by atoms with E-state index in [0.29, 0.717) is 13.0 Å². The third-order valence-corrected chi connectivity index (χ3v) is 5.64. The summed E-state index contributed by atoms with van der Waals surface area (Å²) in [6.45, 7) is 2.38. The van der Waals surface area contributed by atoms with Crippen LogP contribution in [0.5, 0.6) is 11.5 Å². The van der Waals surface area contributed by atoms with Gasteiger partial charge in [-0.25, -0.2) is 5.01 Å². The van der Waals surface area contributed by atoms with E-state index >= 15 is 0 Å². The third kappa shape index (κ3) is 4.12. The smallest absolute Gasteiger partial charge is 0.257 e. The molecule has 4 rings (SSSR count). The van der Waals surface area contributed by atoms with Gasteiger partial charge in [0, 0.05) is 12.0 Å². The molecule has 0 N–H and O–H groups in total. The number of ether oxygens (including phenoxy) is 2. The Bertz CT molecular complexity index is 888. The molecule has 0 aliphatic carbocycles. The number of nitrogens with zero attached hydrogens (tertiary/aromatic N) is 3. The fourth-order valence-electron chi connectivity index (χ4n) is 4.08. The van der Waals surface area contributed by atoms with Crippen LogP contribution in [-0.4, -0.2) is 55.4 Å². The van der Waals surface area contributed by atoms with Gasteiger partial charge in [0.25, 0.3) is 5.91 Å². The number of hydrogen-bond acceptors (Lipinski definition) is 5. The fourth-order valence-corrected chi connectivity index (χ4v) is 4.08. The number of rotatable bonds is 6. The second-order valence-electron chi connectivity index (χ2n) is 7.46. The quantitative estimate of drug-likeness (QED) is 0.754. The summed E-state index contributed by atoms with van der Waals surface area (Å²) in [6.07, 6.45) is 2.97. The number of amides is 1. The zero-order chi connectivity index (χ0) is 20.2. The summed E-state index contributed by atoms with van der Waals surface area (Å²) in [5, 5.41) is 6.44. The summed E-state index contributed by atoms with van der Waals surface area (Å²) in [4.78, 5) is 15.4. The van der Waals surface area contributed by atoms with Crippen molar-refractivity contribution >= 4 is 11.6 Å². The second-order valence-corrected chi connectivity index (χ2v) is 7.46. The van der Waals surface area contributed by atoms with Gasteiger partial charge in [0.15, 0.2) is 0 Å². The number of hydrazone groups is 1. The number of benzene rings is 2. The molecule has 29 heavy (non-hydrogen) atoms. The topological polar surface area (TPSA) is 54.4 Å². The minimum atomic E-state index is -0.129. The Morgan fingerprint density at radius 1 is 1.03 bits per heavy atom. The van der Waals surface area contributed by atoms with Crippen molar-refractivity contribution in [3.8, 4) is 11.5 Å². The Labute approximate surface area is 171 Å². The Morgan fingerprint density at radius 2 is 1.76 bits per heavy atom. The van der Waals surface area contributed by atoms with Crippen LogP contribution in [0, 0.1) is 0 Å². The monoisotopic (exact) mass is 393 g/mol. The van der Waals surface area contributed by atoms with Gasteiger partial charge in [-0.05, 0) is 55.8 Å². The third-order valence-electron chi connectivity index (χ3n) is 5.64. The molecule has 0 unspecified atom stereocenters. The number of likely N-dealkylation sites (tertiary alicyclic amines) is 1. The van der Waals surface area contributed by atoms with E-state index in [1.807, 2.05) is 48.5 Å². The molecule has 1 amide bonds. The second kappa shape index (κ2) is 8.66. The van der Waals surface area contributed by atoms with Crippen LogP contribution in [-0.2, 0) is 4.79 Å². The average molecular weight is 393 g/mol. The molecule has 2 heterocycles. The van der Waals surface area contributed by atoms with Crippen molar-refractivity contribution in [3.05, 3.63) is 59.7 Å². The summed E-state index contributed by atoms with van der Waals surface area (Å²) < 4.78 is 10.8. The average Bonchev–Trinajstić information content (AvgIpc) is 3.44. The molecule has 1 atom stereocenters. The van der Waals surface area contributed by atoms with Crippen molar-refractivity contribution in [2.45, 2.75) is 25.3 Å². The maximum Gasteiger partial charge on any atom is 0.257 e. The van der Waals surface area contributed by atoms with E-state index in [2.05, 4.69) is 4.90 Å². The molecule has 152 valence electrons. The molecule has 0 bridgehead atoms. The molecular formula is C23H27N3O3. The fraction of sp³-hybridized carbons (Fsp3) is 0.391. The molecule has 6 nitrogen and oxygen atoms in total. The van der Waals surface area contributed by atoms with Crippen LogP contribution in [0.2, 0.25) is 0 Å². The first kappa shape index (κ1) is 19.5. The summed E-state index contributed by atoms with van der Waals surface area (Å²) in [6, 6.07) is 15.6. The van der Waals surface area contributed by atoms with Gasteiger partial charge in [-0.15, -0.1) is 0 Å². The number of carbonyl (C=O) groups is 1. The van der Waals surface area contributed by atoms with Crippen LogP contribution in [0.3, 0.4) is 0 Å². The number of para-hydroxylation sites is 1. The molecule has 2 aromatic rings. The highest BCUT2D eigenvalue weighted by atomic mass is 16.5. The number of hydrogen-bond donors (Lipinski definition) is 0. The molecule has 0 aromatic heterocycles. The normalized spacial score (nSPS) is 19.3. The van der Waals surface area contributed by atoms with Crippen molar-refractivity contribution in [2.24, 2.45) is 5.10 Å². The standard InChI is InChI=1S/C23H27N3O3/c1-28-18-11-9-17(10-12-18)21-15-20(19-7-3-4-8-22(19)29-2)24-26(21)23(27)16-25-13-5-6-14-25/h3-4,7-12,21H,5-6,13-16H2,1-2H3/t21-/m1/s1. The lowest BCUT2D eigenvalue weighted by molar-refractivity contribution is -0.134. The Morgan fingerprint density at radius 3 is 2.45 bits per heavy atom. The lowest BCUT2D eigenvalue weighted by Gasteiger charge is -2.24. The molecule has 0 radical (unpaired) electrons. The first-order valence-corrected chi connectivity index (χ1v) is 10.1. The van der Waals surface area contributed by atoms with Crippen LogP contribution in [0.25, 0.3) is 0 Å². The Kier molecular flexibility index (Phi) is 5.81. The van der Waals surface area contributed by atoms with Gasteiger partial charge in [0.1, 0.15) is 11.5 Å². The molecule has 1 fully saturated rings. The molecule has 2 aromatic carbocycles. The molecular weight excluding hydrogens is 366 g/mol. The lowest BCUT2D eigenvalue weighted by atomic mass is 9.98. The van der Waals surface area contributed by atoms with Crippen LogP contribution in [0.1, 0.15) is 36.4 Å². The van der Waals surface area contributed by atoms with Crippen LogP contribution in [0.4, 0.5) is 0 Å². The molecule has 6 heteroatoms. The SMILES string of the molecule is COc1ccc([C@H]2CC(c3ccccc3OC)=NN2C(=O)CN2CCCC2)cc1. The Balaban J connectivity index is 1.64. The molecule has 2 aliphatic heterocycles. The maximum absolute atomic E-state index is 13.2. The zero-order valence-corrected chi connectivity index (χ0v) is 17.0. The van der Waals surface area contributed by atoms with Gasteiger partial charge >= 0.3 is 0 Å². The summed E-state index contributed by atoms with van der Waals surface area (Å²) >= 11 is 0. The highest BCUT2D eigenvalue weighted by Crippen LogP contribution is 2.35. The van der Waals surface area contributed by atoms with E-state index in [0.717, 1.165) is 54.3 Å². The minimum absolute atomic E-state index is 0.0395. The van der Waals surface area contributed by atoms with Gasteiger partial charge in [-0.2, -0.15) is 5.10 Å². The molecule has 2 aliphatic rings. The number of methoxy groups -OCH3 is 2. The van der Waals surface area contributed by atoms with Gasteiger partial charge in [0.05, 0.1) is 32.5 Å². The molecule has 0 saturated carbocycles.